The molecule has 0 bridgehead atoms. The molecule has 2 aromatic heterocycles. The number of nitrogens with one attached hydrogen (secondary N) is 1. The maximum absolute atomic E-state index is 14.2. The summed E-state index contributed by atoms with van der Waals surface area (Å²) >= 11 is 1.68. The molecule has 1 aliphatic heterocycles. The number of nitrogens with zero attached hydrogens (tertiary/aromatic N) is 3. The lowest BCUT2D eigenvalue weighted by molar-refractivity contribution is -0.120. The van der Waals surface area contributed by atoms with Gasteiger partial charge in [-0.2, -0.15) is 0 Å². The molecule has 32 heavy (non-hydrogen) atoms. The van der Waals surface area contributed by atoms with Gasteiger partial charge >= 0.3 is 0 Å². The quantitative estimate of drug-likeness (QED) is 0.531. The van der Waals surface area contributed by atoms with Crippen molar-refractivity contribution in [2.75, 3.05) is 43.6 Å². The van der Waals surface area contributed by atoms with Crippen molar-refractivity contribution in [2.24, 2.45) is 5.92 Å². The van der Waals surface area contributed by atoms with Crippen molar-refractivity contribution in [3.05, 3.63) is 40.8 Å². The highest BCUT2D eigenvalue weighted by atomic mass is 32.1. The first kappa shape index (κ1) is 22.4. The van der Waals surface area contributed by atoms with E-state index in [-0.39, 0.29) is 24.2 Å². The predicted molar refractivity (Wildman–Crippen MR) is 124 cm³/mol. The molecule has 0 spiro atoms. The molecule has 0 aliphatic carbocycles. The Hall–Kier alpha value is -2.78. The molecule has 1 aliphatic rings. The minimum Gasteiger partial charge on any atom is -0.488 e. The van der Waals surface area contributed by atoms with Crippen molar-refractivity contribution in [3.63, 3.8) is 0 Å². The molecule has 9 heteroatoms. The average Bonchev–Trinajstić information content (AvgIpc) is 3.09. The second-order valence-electron chi connectivity index (χ2n) is 7.90. The number of anilines is 2. The van der Waals surface area contributed by atoms with Crippen LogP contribution in [-0.4, -0.2) is 49.3 Å². The Morgan fingerprint density at radius 3 is 2.75 bits per heavy atom. The minimum atomic E-state index is -0.511. The SMILES string of the molecule is COCCOc1ccc(NC(=O)C2CCN(c3ncnc4sc(C)c(C)c34)CC2)cc1F. The van der Waals surface area contributed by atoms with E-state index in [2.05, 4.69) is 34.0 Å². The largest absolute Gasteiger partial charge is 0.488 e. The second kappa shape index (κ2) is 9.79. The fourth-order valence-corrected chi connectivity index (χ4v) is 4.92. The molecule has 170 valence electrons. The van der Waals surface area contributed by atoms with Crippen LogP contribution in [0.1, 0.15) is 23.3 Å². The predicted octanol–water partition coefficient (Wildman–Crippen LogP) is 4.33. The van der Waals surface area contributed by atoms with Gasteiger partial charge in [-0.25, -0.2) is 14.4 Å². The number of carbonyl (C=O) groups is 1. The first-order valence-corrected chi connectivity index (χ1v) is 11.5. The molecule has 1 N–H and O–H groups in total. The summed E-state index contributed by atoms with van der Waals surface area (Å²) in [5.41, 5.74) is 1.65. The molecular weight excluding hydrogens is 431 g/mol. The number of ether oxygens (including phenoxy) is 2. The zero-order valence-corrected chi connectivity index (χ0v) is 19.3. The number of aryl methyl sites for hydroxylation is 2. The Balaban J connectivity index is 1.37. The van der Waals surface area contributed by atoms with E-state index in [1.54, 1.807) is 30.8 Å². The van der Waals surface area contributed by atoms with Gasteiger partial charge in [0, 0.05) is 42.7 Å². The number of hydrogen-bond acceptors (Lipinski definition) is 7. The van der Waals surface area contributed by atoms with E-state index in [1.165, 1.54) is 22.6 Å². The minimum absolute atomic E-state index is 0.0903. The van der Waals surface area contributed by atoms with Crippen molar-refractivity contribution in [2.45, 2.75) is 26.7 Å². The van der Waals surface area contributed by atoms with E-state index >= 15 is 0 Å². The smallest absolute Gasteiger partial charge is 0.227 e. The number of fused-ring (bicyclic) bond motifs is 1. The molecule has 3 aromatic rings. The number of benzene rings is 1. The van der Waals surface area contributed by atoms with Crippen LogP contribution in [0.3, 0.4) is 0 Å². The van der Waals surface area contributed by atoms with Crippen molar-refractivity contribution >= 4 is 39.0 Å². The van der Waals surface area contributed by atoms with E-state index in [1.807, 2.05) is 0 Å². The van der Waals surface area contributed by atoms with Gasteiger partial charge < -0.3 is 19.7 Å². The van der Waals surface area contributed by atoms with Crippen LogP contribution in [0, 0.1) is 25.6 Å². The van der Waals surface area contributed by atoms with Crippen molar-refractivity contribution in [3.8, 4) is 5.75 Å². The Morgan fingerprint density at radius 2 is 2.03 bits per heavy atom. The summed E-state index contributed by atoms with van der Waals surface area (Å²) in [6.07, 6.45) is 3.03. The summed E-state index contributed by atoms with van der Waals surface area (Å²) in [5, 5.41) is 3.95. The lowest BCUT2D eigenvalue weighted by atomic mass is 9.95. The summed E-state index contributed by atoms with van der Waals surface area (Å²) in [7, 11) is 1.56. The standard InChI is InChI=1S/C23H27FN4O3S/c1-14-15(2)32-23-20(14)21(25-13-26-23)28-8-6-16(7-9-28)22(29)27-17-4-5-19(18(24)12-17)31-11-10-30-3/h4-5,12-13,16H,6-11H2,1-3H3,(H,27,29). The van der Waals surface area contributed by atoms with Gasteiger partial charge in [-0.1, -0.05) is 0 Å². The molecule has 0 radical (unpaired) electrons. The van der Waals surface area contributed by atoms with Gasteiger partial charge in [0.25, 0.3) is 0 Å². The fraction of sp³-hybridized carbons (Fsp3) is 0.435. The third-order valence-electron chi connectivity index (χ3n) is 5.86. The summed E-state index contributed by atoms with van der Waals surface area (Å²) in [4.78, 5) is 26.2. The Labute approximate surface area is 190 Å². The Bertz CT molecular complexity index is 1110. The maximum Gasteiger partial charge on any atom is 0.227 e. The Morgan fingerprint density at radius 1 is 1.25 bits per heavy atom. The van der Waals surface area contributed by atoms with Gasteiger partial charge in [0.2, 0.25) is 5.91 Å². The van der Waals surface area contributed by atoms with Gasteiger partial charge in [-0.05, 0) is 44.4 Å². The van der Waals surface area contributed by atoms with Gasteiger partial charge in [0.1, 0.15) is 23.6 Å². The number of carbonyl (C=O) groups excluding carboxylic acids is 1. The van der Waals surface area contributed by atoms with Crippen molar-refractivity contribution in [1.82, 2.24) is 9.97 Å². The summed E-state index contributed by atoms with van der Waals surface area (Å²) in [6.45, 7) is 6.32. The van der Waals surface area contributed by atoms with E-state index in [0.29, 0.717) is 25.1 Å². The molecule has 1 saturated heterocycles. The van der Waals surface area contributed by atoms with Crippen LogP contribution >= 0.6 is 11.3 Å². The number of rotatable bonds is 7. The van der Waals surface area contributed by atoms with E-state index in [9.17, 15) is 9.18 Å². The third kappa shape index (κ3) is 4.68. The van der Waals surface area contributed by atoms with Crippen LogP contribution in [0.5, 0.6) is 5.75 Å². The highest BCUT2D eigenvalue weighted by molar-refractivity contribution is 7.18. The highest BCUT2D eigenvalue weighted by Crippen LogP contribution is 2.35. The molecule has 1 fully saturated rings. The number of hydrogen-bond donors (Lipinski definition) is 1. The lowest BCUT2D eigenvalue weighted by Crippen LogP contribution is -2.38. The lowest BCUT2D eigenvalue weighted by Gasteiger charge is -2.32. The monoisotopic (exact) mass is 458 g/mol. The van der Waals surface area contributed by atoms with E-state index in [0.717, 1.165) is 29.1 Å². The van der Waals surface area contributed by atoms with Gasteiger partial charge in [-0.3, -0.25) is 4.79 Å². The van der Waals surface area contributed by atoms with Crippen LogP contribution in [-0.2, 0) is 9.53 Å². The Kier molecular flexibility index (Phi) is 6.86. The molecule has 1 aromatic carbocycles. The zero-order valence-electron chi connectivity index (χ0n) is 18.5. The topological polar surface area (TPSA) is 76.6 Å². The summed E-state index contributed by atoms with van der Waals surface area (Å²) < 4.78 is 24.5. The third-order valence-corrected chi connectivity index (χ3v) is 6.97. The first-order chi connectivity index (χ1) is 15.5. The molecule has 4 rings (SSSR count). The molecule has 7 nitrogen and oxygen atoms in total. The van der Waals surface area contributed by atoms with Crippen LogP contribution in [0.15, 0.2) is 24.5 Å². The molecule has 0 saturated carbocycles. The van der Waals surface area contributed by atoms with E-state index in [4.69, 9.17) is 9.47 Å². The molecule has 1 amide bonds. The van der Waals surface area contributed by atoms with Crippen LogP contribution in [0.2, 0.25) is 0 Å². The maximum atomic E-state index is 14.2. The average molecular weight is 459 g/mol. The zero-order chi connectivity index (χ0) is 22.7. The number of thiophene rings is 1. The van der Waals surface area contributed by atoms with Gasteiger partial charge in [-0.15, -0.1) is 11.3 Å². The van der Waals surface area contributed by atoms with Crippen LogP contribution in [0.4, 0.5) is 15.9 Å². The van der Waals surface area contributed by atoms with Crippen molar-refractivity contribution in [1.29, 1.82) is 0 Å². The molecular formula is C23H27FN4O3S. The molecule has 0 unspecified atom stereocenters. The second-order valence-corrected chi connectivity index (χ2v) is 9.10. The number of halogens is 1. The first-order valence-electron chi connectivity index (χ1n) is 10.7. The fourth-order valence-electron chi connectivity index (χ4n) is 3.93. The van der Waals surface area contributed by atoms with E-state index < -0.39 is 5.82 Å². The number of aromatic nitrogens is 2. The molecule has 3 heterocycles. The van der Waals surface area contributed by atoms with Gasteiger partial charge in [0.15, 0.2) is 11.6 Å². The summed E-state index contributed by atoms with van der Waals surface area (Å²) in [6, 6.07) is 4.46. The normalized spacial score (nSPS) is 14.7. The number of methoxy groups -OCH3 is 1. The number of amides is 1. The highest BCUT2D eigenvalue weighted by Gasteiger charge is 2.27. The summed E-state index contributed by atoms with van der Waals surface area (Å²) in [5.74, 6) is 0.357. The van der Waals surface area contributed by atoms with Crippen molar-refractivity contribution < 1.29 is 18.7 Å². The van der Waals surface area contributed by atoms with Crippen LogP contribution in [0.25, 0.3) is 10.2 Å². The van der Waals surface area contributed by atoms with Gasteiger partial charge in [0.05, 0.1) is 12.0 Å². The number of piperidine rings is 1. The van der Waals surface area contributed by atoms with Crippen LogP contribution < -0.4 is 15.0 Å². The molecule has 0 atom stereocenters.